The molecule has 1 aliphatic carbocycles. The van der Waals surface area contributed by atoms with Crippen LogP contribution in [0, 0.1) is 5.82 Å². The quantitative estimate of drug-likeness (QED) is 0.467. The third-order valence-electron chi connectivity index (χ3n) is 5.14. The maximum Gasteiger partial charge on any atom is 0.433 e. The van der Waals surface area contributed by atoms with Gasteiger partial charge in [-0.1, -0.05) is 18.2 Å². The van der Waals surface area contributed by atoms with Gasteiger partial charge < -0.3 is 5.32 Å². The summed E-state index contributed by atoms with van der Waals surface area (Å²) in [5.74, 6) is -0.942. The minimum absolute atomic E-state index is 0.00620. The van der Waals surface area contributed by atoms with Crippen LogP contribution in [0.5, 0.6) is 0 Å². The molecule has 4 aromatic rings. The predicted molar refractivity (Wildman–Crippen MR) is 106 cm³/mol. The summed E-state index contributed by atoms with van der Waals surface area (Å²) in [5, 5.41) is 10.5. The molecule has 3 heterocycles. The maximum absolute atomic E-state index is 13.8. The van der Waals surface area contributed by atoms with Crippen LogP contribution < -0.4 is 5.32 Å². The number of nitrogens with zero attached hydrogens (tertiary/aromatic N) is 5. The number of halogens is 4. The fourth-order valence-electron chi connectivity index (χ4n) is 3.39. The Balaban J connectivity index is 1.38. The lowest BCUT2D eigenvalue weighted by Gasteiger charge is -2.10. The van der Waals surface area contributed by atoms with Crippen molar-refractivity contribution in [1.29, 1.82) is 0 Å². The van der Waals surface area contributed by atoms with E-state index in [0.717, 1.165) is 18.9 Å². The second-order valence-electron chi connectivity index (χ2n) is 7.58. The van der Waals surface area contributed by atoms with E-state index in [-0.39, 0.29) is 35.4 Å². The molecule has 1 amide bonds. The van der Waals surface area contributed by atoms with Crippen molar-refractivity contribution < 1.29 is 22.4 Å². The van der Waals surface area contributed by atoms with E-state index < -0.39 is 17.8 Å². The number of alkyl halides is 3. The molecule has 0 unspecified atom stereocenters. The standard InChI is InChI=1S/C21H16F4N6O/c22-14-4-2-1-3-13(14)11-30-8-7-18(29-30)27-20(32)16-10-19-26-15(12-5-6-12)9-17(21(23,24)25)31(19)28-16/h1-4,7-10,12H,5-6,11H2,(H,27,29,32). The number of rotatable bonds is 5. The minimum atomic E-state index is -4.64. The number of amides is 1. The fraction of sp³-hybridized carbons (Fsp3) is 0.238. The molecule has 0 atom stereocenters. The molecule has 3 aromatic heterocycles. The van der Waals surface area contributed by atoms with Crippen molar-refractivity contribution in [1.82, 2.24) is 24.4 Å². The zero-order valence-electron chi connectivity index (χ0n) is 16.5. The Morgan fingerprint density at radius 1 is 1.12 bits per heavy atom. The van der Waals surface area contributed by atoms with Crippen molar-refractivity contribution in [2.45, 2.75) is 31.5 Å². The molecule has 0 aliphatic heterocycles. The Bertz CT molecular complexity index is 1320. The third-order valence-corrected chi connectivity index (χ3v) is 5.14. The van der Waals surface area contributed by atoms with Gasteiger partial charge in [0.1, 0.15) is 11.5 Å². The van der Waals surface area contributed by atoms with Crippen LogP contribution in [0.2, 0.25) is 0 Å². The summed E-state index contributed by atoms with van der Waals surface area (Å²) in [7, 11) is 0. The van der Waals surface area contributed by atoms with Gasteiger partial charge >= 0.3 is 6.18 Å². The third kappa shape index (κ3) is 3.93. The maximum atomic E-state index is 13.8. The van der Waals surface area contributed by atoms with Crippen LogP contribution in [-0.4, -0.2) is 30.3 Å². The smallest absolute Gasteiger partial charge is 0.304 e. The van der Waals surface area contributed by atoms with E-state index in [1.165, 1.54) is 22.9 Å². The van der Waals surface area contributed by atoms with Gasteiger partial charge in [0, 0.05) is 35.5 Å². The Labute approximate surface area is 178 Å². The summed E-state index contributed by atoms with van der Waals surface area (Å²) in [5.41, 5.74) is -0.469. The highest BCUT2D eigenvalue weighted by molar-refractivity contribution is 6.02. The van der Waals surface area contributed by atoms with Gasteiger partial charge in [-0.15, -0.1) is 0 Å². The molecule has 1 fully saturated rings. The Morgan fingerprint density at radius 3 is 2.62 bits per heavy atom. The number of aromatic nitrogens is 5. The van der Waals surface area contributed by atoms with Gasteiger partial charge in [0.2, 0.25) is 0 Å². The van der Waals surface area contributed by atoms with Gasteiger partial charge in [0.15, 0.2) is 17.2 Å². The van der Waals surface area contributed by atoms with Crippen LogP contribution in [-0.2, 0) is 12.7 Å². The molecule has 1 aliphatic rings. The Hall–Kier alpha value is -3.76. The first-order valence-electron chi connectivity index (χ1n) is 9.84. The molecular weight excluding hydrogens is 428 g/mol. The lowest BCUT2D eigenvalue weighted by molar-refractivity contribution is -0.142. The number of anilines is 1. The van der Waals surface area contributed by atoms with Crippen LogP contribution in [0.3, 0.4) is 0 Å². The van der Waals surface area contributed by atoms with E-state index in [1.807, 2.05) is 0 Å². The number of nitrogens with one attached hydrogen (secondary N) is 1. The average Bonchev–Trinajstić information content (AvgIpc) is 3.35. The fourth-order valence-corrected chi connectivity index (χ4v) is 3.39. The number of benzene rings is 1. The van der Waals surface area contributed by atoms with Crippen LogP contribution in [0.4, 0.5) is 23.4 Å². The van der Waals surface area contributed by atoms with Gasteiger partial charge in [-0.3, -0.25) is 9.48 Å². The highest BCUT2D eigenvalue weighted by Gasteiger charge is 2.37. The summed E-state index contributed by atoms with van der Waals surface area (Å²) in [6.45, 7) is 0.152. The van der Waals surface area contributed by atoms with Crippen molar-refractivity contribution in [3.63, 3.8) is 0 Å². The molecule has 11 heteroatoms. The highest BCUT2D eigenvalue weighted by Crippen LogP contribution is 2.41. The molecule has 1 aromatic carbocycles. The SMILES string of the molecule is O=C(Nc1ccn(Cc2ccccc2F)n1)c1cc2nc(C3CC3)cc(C(F)(F)F)n2n1. The molecule has 1 N–H and O–H groups in total. The second kappa shape index (κ2) is 7.43. The molecule has 0 bridgehead atoms. The minimum Gasteiger partial charge on any atom is -0.304 e. The monoisotopic (exact) mass is 444 g/mol. The van der Waals surface area contributed by atoms with E-state index in [1.54, 1.807) is 24.4 Å². The van der Waals surface area contributed by atoms with Crippen LogP contribution >= 0.6 is 0 Å². The lowest BCUT2D eigenvalue weighted by Crippen LogP contribution is -2.16. The van der Waals surface area contributed by atoms with Crippen molar-refractivity contribution >= 4 is 17.4 Å². The van der Waals surface area contributed by atoms with E-state index in [4.69, 9.17) is 0 Å². The average molecular weight is 444 g/mol. The normalized spacial score (nSPS) is 14.1. The molecule has 32 heavy (non-hydrogen) atoms. The van der Waals surface area contributed by atoms with Crippen LogP contribution in [0.25, 0.3) is 5.65 Å². The van der Waals surface area contributed by atoms with Gasteiger partial charge in [-0.25, -0.2) is 13.9 Å². The van der Waals surface area contributed by atoms with Crippen molar-refractivity contribution in [3.05, 3.63) is 77.1 Å². The number of carbonyl (C=O) groups excluding carboxylic acids is 1. The Morgan fingerprint density at radius 2 is 1.91 bits per heavy atom. The molecule has 0 radical (unpaired) electrons. The second-order valence-corrected chi connectivity index (χ2v) is 7.58. The molecule has 0 spiro atoms. The van der Waals surface area contributed by atoms with Crippen molar-refractivity contribution in [2.24, 2.45) is 0 Å². The zero-order valence-corrected chi connectivity index (χ0v) is 16.5. The van der Waals surface area contributed by atoms with Crippen LogP contribution in [0.15, 0.2) is 48.7 Å². The topological polar surface area (TPSA) is 77.1 Å². The van der Waals surface area contributed by atoms with Gasteiger partial charge in [0.05, 0.1) is 6.54 Å². The van der Waals surface area contributed by atoms with E-state index in [9.17, 15) is 22.4 Å². The van der Waals surface area contributed by atoms with E-state index in [2.05, 4.69) is 20.5 Å². The van der Waals surface area contributed by atoms with Crippen molar-refractivity contribution in [2.75, 3.05) is 5.32 Å². The Kier molecular flexibility index (Phi) is 4.68. The van der Waals surface area contributed by atoms with E-state index >= 15 is 0 Å². The summed E-state index contributed by atoms with van der Waals surface area (Å²) < 4.78 is 56.4. The summed E-state index contributed by atoms with van der Waals surface area (Å²) in [4.78, 5) is 16.8. The van der Waals surface area contributed by atoms with Crippen LogP contribution in [0.1, 0.15) is 46.2 Å². The molecular formula is C21H16F4N6O. The molecule has 1 saturated carbocycles. The van der Waals surface area contributed by atoms with Gasteiger partial charge in [0.25, 0.3) is 5.91 Å². The summed E-state index contributed by atoms with van der Waals surface area (Å²) in [6, 6.07) is 9.94. The number of hydrogen-bond acceptors (Lipinski definition) is 4. The molecule has 7 nitrogen and oxygen atoms in total. The lowest BCUT2D eigenvalue weighted by atomic mass is 10.2. The number of carbonyl (C=O) groups is 1. The van der Waals surface area contributed by atoms with Crippen molar-refractivity contribution in [3.8, 4) is 0 Å². The van der Waals surface area contributed by atoms with Gasteiger partial charge in [-0.05, 0) is 25.0 Å². The first-order valence-corrected chi connectivity index (χ1v) is 9.84. The number of hydrogen-bond donors (Lipinski definition) is 1. The number of fused-ring (bicyclic) bond motifs is 1. The van der Waals surface area contributed by atoms with E-state index in [0.29, 0.717) is 15.8 Å². The van der Waals surface area contributed by atoms with Gasteiger partial charge in [-0.2, -0.15) is 23.4 Å². The molecule has 164 valence electrons. The summed E-state index contributed by atoms with van der Waals surface area (Å²) in [6.07, 6.45) is -1.51. The zero-order chi connectivity index (χ0) is 22.5. The first kappa shape index (κ1) is 20.2. The predicted octanol–water partition coefficient (Wildman–Crippen LogP) is 4.26. The highest BCUT2D eigenvalue weighted by atomic mass is 19.4. The molecule has 5 rings (SSSR count). The summed E-state index contributed by atoms with van der Waals surface area (Å²) >= 11 is 0. The first-order chi connectivity index (χ1) is 15.3. The largest absolute Gasteiger partial charge is 0.433 e. The molecule has 0 saturated heterocycles.